The van der Waals surface area contributed by atoms with Crippen molar-refractivity contribution in [3.05, 3.63) is 76.0 Å². The molecule has 4 heterocycles. The Balaban J connectivity index is 0.00000194. The highest BCUT2D eigenvalue weighted by molar-refractivity contribution is 9.10. The van der Waals surface area contributed by atoms with Crippen molar-refractivity contribution in [1.29, 1.82) is 0 Å². The molecule has 2 N–H and O–H groups in total. The Morgan fingerprint density at radius 3 is 2.49 bits per heavy atom. The Labute approximate surface area is 262 Å². The van der Waals surface area contributed by atoms with E-state index in [2.05, 4.69) is 83.5 Å². The average Bonchev–Trinajstić information content (AvgIpc) is 3.51. The van der Waals surface area contributed by atoms with Crippen LogP contribution in [0.3, 0.4) is 0 Å². The Morgan fingerprint density at radius 2 is 1.68 bits per heavy atom. The largest absolute Gasteiger partial charge is 0.346 e. The van der Waals surface area contributed by atoms with E-state index in [1.165, 1.54) is 71.5 Å². The van der Waals surface area contributed by atoms with Crippen molar-refractivity contribution in [1.82, 2.24) is 24.4 Å². The summed E-state index contributed by atoms with van der Waals surface area (Å²) < 4.78 is 6.02. The maximum Gasteiger partial charge on any atom is 0.267 e. The van der Waals surface area contributed by atoms with Gasteiger partial charge in [0.1, 0.15) is 0 Å². The molecular weight excluding hydrogens is 625 g/mol. The minimum absolute atomic E-state index is 0. The van der Waals surface area contributed by atoms with Gasteiger partial charge in [0.25, 0.3) is 5.91 Å². The fourth-order valence-electron chi connectivity index (χ4n) is 6.32. The predicted molar refractivity (Wildman–Crippen MR) is 174 cm³/mol. The third kappa shape index (κ3) is 7.01. The van der Waals surface area contributed by atoms with Gasteiger partial charge in [0.2, 0.25) is 0 Å². The van der Waals surface area contributed by atoms with Crippen molar-refractivity contribution < 1.29 is 10.0 Å². The van der Waals surface area contributed by atoms with Crippen molar-refractivity contribution in [3.8, 4) is 0 Å². The van der Waals surface area contributed by atoms with Gasteiger partial charge in [-0.15, -0.1) is 24.8 Å². The number of carbonyl (C=O) groups excluding carboxylic acids is 1. The molecule has 41 heavy (non-hydrogen) atoms. The lowest BCUT2D eigenvalue weighted by atomic mass is 10.0. The number of rotatable bonds is 8. The van der Waals surface area contributed by atoms with Gasteiger partial charge in [0, 0.05) is 89.9 Å². The first-order valence-electron chi connectivity index (χ1n) is 14.0. The number of halogens is 3. The zero-order valence-corrected chi connectivity index (χ0v) is 26.3. The number of benzene rings is 2. The van der Waals surface area contributed by atoms with Crippen LogP contribution < -0.4 is 5.48 Å². The van der Waals surface area contributed by atoms with Gasteiger partial charge in [-0.2, -0.15) is 0 Å². The number of hydroxylamine groups is 1. The molecule has 2 aliphatic rings. The molecule has 0 aliphatic carbocycles. The molecule has 0 bridgehead atoms. The van der Waals surface area contributed by atoms with Gasteiger partial charge in [0.05, 0.1) is 0 Å². The van der Waals surface area contributed by atoms with E-state index in [0.29, 0.717) is 0 Å². The maximum absolute atomic E-state index is 11.6. The summed E-state index contributed by atoms with van der Waals surface area (Å²) in [7, 11) is 0. The van der Waals surface area contributed by atoms with E-state index in [-0.39, 0.29) is 24.8 Å². The molecule has 1 saturated heterocycles. The summed E-state index contributed by atoms with van der Waals surface area (Å²) >= 11 is 3.58. The first-order chi connectivity index (χ1) is 19.1. The summed E-state index contributed by atoms with van der Waals surface area (Å²) in [6.07, 6.45) is 10.3. The molecular formula is C31H38BrCl2N5O2. The molecule has 10 heteroatoms. The van der Waals surface area contributed by atoms with Gasteiger partial charge < -0.3 is 14.0 Å². The summed E-state index contributed by atoms with van der Waals surface area (Å²) in [6.45, 7) is 8.46. The first kappa shape index (κ1) is 31.6. The van der Waals surface area contributed by atoms with E-state index < -0.39 is 5.91 Å². The van der Waals surface area contributed by atoms with Crippen LogP contribution in [0.15, 0.2) is 59.2 Å². The second-order valence-corrected chi connectivity index (χ2v) is 11.7. The standard InChI is InChI=1S/C31H36BrN5O2.2ClH/c32-25-6-8-28-24(21-25)10-15-36(28)18-16-35-14-11-30-27(22-35)26-20-23(5-9-31(38)33-39)4-7-29(26)37(30)19-17-34-12-2-1-3-13-34;;/h4-10,15,20-21,39H,1-3,11-14,16-19,22H2,(H,33,38);2*1H/b9-5+;;. The third-order valence-electron chi connectivity index (χ3n) is 8.37. The number of hydrogen-bond acceptors (Lipinski definition) is 4. The maximum atomic E-state index is 11.6. The summed E-state index contributed by atoms with van der Waals surface area (Å²) in [6, 6.07) is 15.1. The summed E-state index contributed by atoms with van der Waals surface area (Å²) in [4.78, 5) is 16.7. The average molecular weight is 663 g/mol. The second-order valence-electron chi connectivity index (χ2n) is 10.8. The lowest BCUT2D eigenvalue weighted by Gasteiger charge is -2.30. The van der Waals surface area contributed by atoms with Crippen LogP contribution >= 0.6 is 40.7 Å². The van der Waals surface area contributed by atoms with Crippen LogP contribution in [0.5, 0.6) is 0 Å². The second kappa shape index (κ2) is 14.2. The zero-order chi connectivity index (χ0) is 26.8. The molecule has 0 unspecified atom stereocenters. The molecule has 0 spiro atoms. The Hall–Kier alpha value is -2.33. The number of likely N-dealkylation sites (tertiary alicyclic amines) is 1. The molecule has 0 saturated carbocycles. The number of fused-ring (bicyclic) bond motifs is 4. The summed E-state index contributed by atoms with van der Waals surface area (Å²) in [5, 5.41) is 11.4. The Bertz CT molecular complexity index is 1530. The first-order valence-corrected chi connectivity index (χ1v) is 14.8. The van der Waals surface area contributed by atoms with Gasteiger partial charge in [-0.3, -0.25) is 14.9 Å². The highest BCUT2D eigenvalue weighted by atomic mass is 79.9. The fourth-order valence-corrected chi connectivity index (χ4v) is 6.70. The van der Waals surface area contributed by atoms with Crippen LogP contribution in [0.4, 0.5) is 0 Å². The van der Waals surface area contributed by atoms with Gasteiger partial charge >= 0.3 is 0 Å². The smallest absolute Gasteiger partial charge is 0.267 e. The number of carbonyl (C=O) groups is 1. The minimum atomic E-state index is -0.521. The van der Waals surface area contributed by atoms with Crippen LogP contribution in [-0.2, 0) is 30.8 Å². The van der Waals surface area contributed by atoms with Crippen molar-refractivity contribution >= 4 is 74.5 Å². The van der Waals surface area contributed by atoms with E-state index in [9.17, 15) is 4.79 Å². The van der Waals surface area contributed by atoms with Crippen LogP contribution in [0, 0.1) is 0 Å². The van der Waals surface area contributed by atoms with Crippen molar-refractivity contribution in [2.75, 3.05) is 32.7 Å². The number of nitrogens with one attached hydrogen (secondary N) is 1. The zero-order valence-electron chi connectivity index (χ0n) is 23.1. The molecule has 6 rings (SSSR count). The molecule has 2 aliphatic heterocycles. The summed E-state index contributed by atoms with van der Waals surface area (Å²) in [5.74, 6) is -0.521. The molecule has 7 nitrogen and oxygen atoms in total. The molecule has 1 fully saturated rings. The van der Waals surface area contributed by atoms with Crippen LogP contribution in [0.2, 0.25) is 0 Å². The van der Waals surface area contributed by atoms with E-state index in [0.717, 1.165) is 55.7 Å². The molecule has 4 aromatic rings. The highest BCUT2D eigenvalue weighted by Crippen LogP contribution is 2.32. The topological polar surface area (TPSA) is 65.7 Å². The molecule has 2 aromatic carbocycles. The van der Waals surface area contributed by atoms with E-state index in [1.54, 1.807) is 11.6 Å². The number of piperidine rings is 1. The van der Waals surface area contributed by atoms with Gasteiger partial charge in [0.15, 0.2) is 0 Å². The number of nitrogens with zero attached hydrogens (tertiary/aromatic N) is 4. The van der Waals surface area contributed by atoms with Crippen molar-refractivity contribution in [2.24, 2.45) is 0 Å². The molecule has 220 valence electrons. The van der Waals surface area contributed by atoms with Gasteiger partial charge in [-0.25, -0.2) is 5.48 Å². The Morgan fingerprint density at radius 1 is 0.902 bits per heavy atom. The van der Waals surface area contributed by atoms with Crippen LogP contribution in [-0.4, -0.2) is 62.8 Å². The SMILES string of the molecule is Cl.Cl.O=C(/C=C/c1ccc2c(c1)c1c(n2CCN2CCCCC2)CCN(CCn2ccc3cc(Br)ccc32)C1)NO. The number of aromatic nitrogens is 2. The van der Waals surface area contributed by atoms with Gasteiger partial charge in [-0.1, -0.05) is 28.4 Å². The Kier molecular flexibility index (Phi) is 11.0. The molecule has 1 amide bonds. The van der Waals surface area contributed by atoms with Crippen LogP contribution in [0.25, 0.3) is 27.9 Å². The van der Waals surface area contributed by atoms with Crippen molar-refractivity contribution in [2.45, 2.75) is 45.3 Å². The normalized spacial score (nSPS) is 16.0. The van der Waals surface area contributed by atoms with Crippen LogP contribution in [0.1, 0.15) is 36.1 Å². The highest BCUT2D eigenvalue weighted by Gasteiger charge is 2.24. The lowest BCUT2D eigenvalue weighted by Crippen LogP contribution is -2.35. The van der Waals surface area contributed by atoms with Crippen molar-refractivity contribution in [3.63, 3.8) is 0 Å². The fraction of sp³-hybridized carbons (Fsp3) is 0.387. The minimum Gasteiger partial charge on any atom is -0.346 e. The summed E-state index contributed by atoms with van der Waals surface area (Å²) in [5.41, 5.74) is 8.07. The molecule has 2 aromatic heterocycles. The third-order valence-corrected chi connectivity index (χ3v) is 8.87. The number of hydrogen-bond donors (Lipinski definition) is 2. The predicted octanol–water partition coefficient (Wildman–Crippen LogP) is 6.26. The van der Waals surface area contributed by atoms with E-state index in [1.807, 2.05) is 0 Å². The van der Waals surface area contributed by atoms with Gasteiger partial charge in [-0.05, 0) is 79.5 Å². The molecule has 0 atom stereocenters. The quantitative estimate of drug-likeness (QED) is 0.133. The number of amides is 1. The van der Waals surface area contributed by atoms with E-state index >= 15 is 0 Å². The monoisotopic (exact) mass is 661 g/mol. The molecule has 0 radical (unpaired) electrons. The van der Waals surface area contributed by atoms with E-state index in [4.69, 9.17) is 5.21 Å². The lowest BCUT2D eigenvalue weighted by molar-refractivity contribution is -0.124.